The van der Waals surface area contributed by atoms with Gasteiger partial charge in [0.15, 0.2) is 0 Å². The van der Waals surface area contributed by atoms with Gasteiger partial charge in [-0.15, -0.1) is 0 Å². The summed E-state index contributed by atoms with van der Waals surface area (Å²) in [7, 11) is 0. The fourth-order valence-electron chi connectivity index (χ4n) is 2.42. The molecule has 0 fully saturated rings. The third-order valence-corrected chi connectivity index (χ3v) is 3.86. The molecule has 0 radical (unpaired) electrons. The zero-order chi connectivity index (χ0) is 17.3. The van der Waals surface area contributed by atoms with E-state index in [9.17, 15) is 18.0 Å². The second kappa shape index (κ2) is 6.20. The molecule has 0 saturated carbocycles. The summed E-state index contributed by atoms with van der Waals surface area (Å²) in [6.07, 6.45) is -0.0843. The summed E-state index contributed by atoms with van der Waals surface area (Å²) in [4.78, 5) is 16.2. The van der Waals surface area contributed by atoms with E-state index in [-0.39, 0.29) is 16.8 Å². The van der Waals surface area contributed by atoms with Gasteiger partial charge in [-0.2, -0.15) is 25.8 Å². The molecule has 1 N–H and O–H groups in total. The average Bonchev–Trinajstić information content (AvgIpc) is 2.96. The highest BCUT2D eigenvalue weighted by Gasteiger charge is 2.33. The van der Waals surface area contributed by atoms with E-state index in [1.165, 1.54) is 18.5 Å². The second-order valence-corrected chi connectivity index (χ2v) is 5.40. The second-order valence-electron chi connectivity index (χ2n) is 5.08. The van der Waals surface area contributed by atoms with Crippen molar-refractivity contribution in [2.24, 2.45) is 0 Å². The molecule has 8 heteroatoms. The van der Waals surface area contributed by atoms with Crippen molar-refractivity contribution < 1.29 is 18.0 Å². The van der Waals surface area contributed by atoms with Crippen molar-refractivity contribution in [3.63, 3.8) is 0 Å². The zero-order valence-electron chi connectivity index (χ0n) is 12.2. The summed E-state index contributed by atoms with van der Waals surface area (Å²) in [5.41, 5.74) is -0.0931. The van der Waals surface area contributed by atoms with Crippen LogP contribution in [0.15, 0.2) is 48.9 Å². The van der Waals surface area contributed by atoms with Crippen LogP contribution in [0.1, 0.15) is 11.1 Å². The van der Waals surface area contributed by atoms with Crippen LogP contribution in [0.4, 0.5) is 23.7 Å². The Hall–Kier alpha value is -2.48. The highest BCUT2D eigenvalue weighted by molar-refractivity contribution is 7.79. The van der Waals surface area contributed by atoms with Crippen LogP contribution in [0, 0.1) is 0 Å². The van der Waals surface area contributed by atoms with E-state index < -0.39 is 17.8 Å². The number of hydrogen-bond acceptors (Lipinski definition) is 3. The summed E-state index contributed by atoms with van der Waals surface area (Å²) in [5.74, 6) is -0.0438. The molecule has 2 aromatic heterocycles. The van der Waals surface area contributed by atoms with E-state index in [4.69, 9.17) is 0 Å². The molecule has 0 unspecified atom stereocenters. The van der Waals surface area contributed by atoms with Gasteiger partial charge >= 0.3 is 12.2 Å². The van der Waals surface area contributed by atoms with Gasteiger partial charge in [0, 0.05) is 23.5 Å². The molecular weight excluding hydrogens is 339 g/mol. The number of fused-ring (bicyclic) bond motifs is 1. The van der Waals surface area contributed by atoms with Gasteiger partial charge in [-0.1, -0.05) is 0 Å². The van der Waals surface area contributed by atoms with Gasteiger partial charge in [0.2, 0.25) is 0 Å². The van der Waals surface area contributed by atoms with Crippen LogP contribution in [0.3, 0.4) is 0 Å². The van der Waals surface area contributed by atoms with Crippen molar-refractivity contribution in [1.82, 2.24) is 9.55 Å². The quantitative estimate of drug-likeness (QED) is 0.665. The van der Waals surface area contributed by atoms with Crippen molar-refractivity contribution in [3.05, 3.63) is 60.0 Å². The lowest BCUT2D eigenvalue weighted by molar-refractivity contribution is -0.138. The van der Waals surface area contributed by atoms with Crippen LogP contribution >= 0.6 is 12.6 Å². The summed E-state index contributed by atoms with van der Waals surface area (Å²) in [6, 6.07) is 6.68. The number of halogens is 3. The first-order valence-electron chi connectivity index (χ1n) is 6.93. The number of hydrogen-bond donors (Lipinski definition) is 2. The van der Waals surface area contributed by atoms with Crippen molar-refractivity contribution in [3.8, 4) is 0 Å². The van der Waals surface area contributed by atoms with Crippen LogP contribution in [-0.4, -0.2) is 15.6 Å². The standard InChI is InChI=1S/C16H12F3N3OS/c17-16(18,19)13-7-14-10(6-11(13)9-24)3-5-22(14)15(23)21-12-2-1-4-20-8-12/h1-8,24H,9H2,(H,21,23). The number of alkyl halides is 3. The minimum absolute atomic E-state index is 0.0438. The Balaban J connectivity index is 2.05. The number of nitrogens with one attached hydrogen (secondary N) is 1. The molecule has 0 saturated heterocycles. The van der Waals surface area contributed by atoms with E-state index in [1.54, 1.807) is 24.4 Å². The number of carbonyl (C=O) groups is 1. The number of anilines is 1. The third-order valence-electron chi connectivity index (χ3n) is 3.52. The molecule has 4 nitrogen and oxygen atoms in total. The van der Waals surface area contributed by atoms with Gasteiger partial charge in [-0.05, 0) is 35.9 Å². The largest absolute Gasteiger partial charge is 0.416 e. The molecule has 0 bridgehead atoms. The Bertz CT molecular complexity index is 891. The Kier molecular flexibility index (Phi) is 4.23. The van der Waals surface area contributed by atoms with Gasteiger partial charge in [-0.3, -0.25) is 9.55 Å². The van der Waals surface area contributed by atoms with Gasteiger partial charge in [0.1, 0.15) is 0 Å². The van der Waals surface area contributed by atoms with Crippen molar-refractivity contribution in [2.75, 3.05) is 5.32 Å². The molecule has 0 aliphatic heterocycles. The first-order valence-corrected chi connectivity index (χ1v) is 7.57. The number of nitrogens with zero attached hydrogens (tertiary/aromatic N) is 2. The van der Waals surface area contributed by atoms with Crippen molar-refractivity contribution >= 4 is 35.3 Å². The molecule has 3 aromatic rings. The molecule has 1 aromatic carbocycles. The number of aromatic nitrogens is 2. The Morgan fingerprint density at radius 3 is 2.71 bits per heavy atom. The molecule has 124 valence electrons. The van der Waals surface area contributed by atoms with E-state index in [0.29, 0.717) is 11.1 Å². The highest BCUT2D eigenvalue weighted by atomic mass is 32.1. The lowest BCUT2D eigenvalue weighted by Crippen LogP contribution is -2.19. The number of amides is 1. The Morgan fingerprint density at radius 2 is 2.08 bits per heavy atom. The van der Waals surface area contributed by atoms with Gasteiger partial charge in [0.25, 0.3) is 0 Å². The van der Waals surface area contributed by atoms with E-state index >= 15 is 0 Å². The minimum Gasteiger partial charge on any atom is -0.306 e. The predicted molar refractivity (Wildman–Crippen MR) is 88.3 cm³/mol. The van der Waals surface area contributed by atoms with Crippen LogP contribution in [0.25, 0.3) is 10.9 Å². The van der Waals surface area contributed by atoms with E-state index in [0.717, 1.165) is 10.6 Å². The molecule has 0 atom stereocenters. The molecule has 0 aliphatic rings. The predicted octanol–water partition coefficient (Wildman–Crippen LogP) is 4.57. The van der Waals surface area contributed by atoms with Gasteiger partial charge < -0.3 is 5.32 Å². The zero-order valence-corrected chi connectivity index (χ0v) is 13.1. The van der Waals surface area contributed by atoms with Crippen LogP contribution < -0.4 is 5.32 Å². The molecule has 0 aliphatic carbocycles. The summed E-state index contributed by atoms with van der Waals surface area (Å²) in [6.45, 7) is 0. The maximum Gasteiger partial charge on any atom is 0.416 e. The smallest absolute Gasteiger partial charge is 0.306 e. The Morgan fingerprint density at radius 1 is 1.29 bits per heavy atom. The molecule has 0 spiro atoms. The minimum atomic E-state index is -4.51. The SMILES string of the molecule is O=C(Nc1cccnc1)n1ccc2cc(CS)c(C(F)(F)F)cc21. The fourth-order valence-corrected chi connectivity index (χ4v) is 2.68. The Labute approximate surface area is 140 Å². The summed E-state index contributed by atoms with van der Waals surface area (Å²) in [5, 5.41) is 3.12. The number of carbonyl (C=O) groups excluding carboxylic acids is 1. The maximum absolute atomic E-state index is 13.2. The molecule has 3 rings (SSSR count). The normalized spacial score (nSPS) is 11.7. The monoisotopic (exact) mass is 351 g/mol. The van der Waals surface area contributed by atoms with Gasteiger partial charge in [-0.25, -0.2) is 4.79 Å². The first kappa shape index (κ1) is 16.4. The number of thiol groups is 1. The maximum atomic E-state index is 13.2. The highest BCUT2D eigenvalue weighted by Crippen LogP contribution is 2.35. The number of benzene rings is 1. The lowest BCUT2D eigenvalue weighted by atomic mass is 10.1. The fraction of sp³-hybridized carbons (Fsp3) is 0.125. The van der Waals surface area contributed by atoms with Crippen LogP contribution in [0.2, 0.25) is 0 Å². The molecule has 24 heavy (non-hydrogen) atoms. The van der Waals surface area contributed by atoms with E-state index in [1.807, 2.05) is 0 Å². The summed E-state index contributed by atoms with van der Waals surface area (Å²) < 4.78 is 40.7. The lowest BCUT2D eigenvalue weighted by Gasteiger charge is -2.13. The van der Waals surface area contributed by atoms with Gasteiger partial charge in [0.05, 0.1) is 23.0 Å². The van der Waals surface area contributed by atoms with Crippen LogP contribution in [0.5, 0.6) is 0 Å². The first-order chi connectivity index (χ1) is 11.4. The number of pyridine rings is 1. The molecule has 1 amide bonds. The summed E-state index contributed by atoms with van der Waals surface area (Å²) >= 11 is 3.96. The van der Waals surface area contributed by atoms with Crippen molar-refractivity contribution in [1.29, 1.82) is 0 Å². The third kappa shape index (κ3) is 3.09. The van der Waals surface area contributed by atoms with Crippen LogP contribution in [-0.2, 0) is 11.9 Å². The van der Waals surface area contributed by atoms with Crippen molar-refractivity contribution in [2.45, 2.75) is 11.9 Å². The molecular formula is C16H12F3N3OS. The van der Waals surface area contributed by atoms with E-state index in [2.05, 4.69) is 22.9 Å². The topological polar surface area (TPSA) is 46.9 Å². The molecule has 2 heterocycles. The average molecular weight is 351 g/mol. The number of rotatable bonds is 2.